The van der Waals surface area contributed by atoms with Crippen molar-refractivity contribution in [2.45, 2.75) is 69.9 Å². The van der Waals surface area contributed by atoms with E-state index >= 15 is 0 Å². The predicted molar refractivity (Wildman–Crippen MR) is 75.9 cm³/mol. The fourth-order valence-corrected chi connectivity index (χ4v) is 3.27. The molecule has 0 spiro atoms. The molecule has 0 bridgehead atoms. The summed E-state index contributed by atoms with van der Waals surface area (Å²) in [5.41, 5.74) is -0.838. The number of hydrogen-bond donors (Lipinski definition) is 3. The number of aliphatic hydroxyl groups is 1. The van der Waals surface area contributed by atoms with E-state index in [4.69, 9.17) is 0 Å². The maximum atomic E-state index is 12.5. The number of amides is 1. The molecule has 1 heterocycles. The number of rotatable bonds is 3. The first-order valence-electron chi connectivity index (χ1n) is 7.68. The largest absolute Gasteiger partial charge is 0.394 e. The lowest BCUT2D eigenvalue weighted by atomic mass is 9.77. The fourth-order valence-electron chi connectivity index (χ4n) is 3.27. The van der Waals surface area contributed by atoms with Gasteiger partial charge in [0.1, 0.15) is 0 Å². The molecule has 2 fully saturated rings. The SMILES string of the molecule is CC1CCC(CO)(NC(=O)C2(C)CCCCN2)CC1. The minimum atomic E-state index is -0.455. The van der Waals surface area contributed by atoms with Crippen molar-refractivity contribution < 1.29 is 9.90 Å². The van der Waals surface area contributed by atoms with Crippen LogP contribution in [0.1, 0.15) is 58.8 Å². The average molecular weight is 268 g/mol. The summed E-state index contributed by atoms with van der Waals surface area (Å²) in [5.74, 6) is 0.774. The smallest absolute Gasteiger partial charge is 0.240 e. The Morgan fingerprint density at radius 2 is 2.00 bits per heavy atom. The molecule has 0 aromatic heterocycles. The van der Waals surface area contributed by atoms with Gasteiger partial charge >= 0.3 is 0 Å². The van der Waals surface area contributed by atoms with Crippen molar-refractivity contribution in [3.63, 3.8) is 0 Å². The summed E-state index contributed by atoms with van der Waals surface area (Å²) in [7, 11) is 0. The Bertz CT molecular complexity index is 316. The number of aliphatic hydroxyl groups excluding tert-OH is 1. The zero-order valence-electron chi connectivity index (χ0n) is 12.3. The van der Waals surface area contributed by atoms with Gasteiger partial charge in [0.05, 0.1) is 17.7 Å². The van der Waals surface area contributed by atoms with Crippen molar-refractivity contribution in [3.8, 4) is 0 Å². The fraction of sp³-hybridized carbons (Fsp3) is 0.933. The number of carbonyl (C=O) groups excluding carboxylic acids is 1. The minimum Gasteiger partial charge on any atom is -0.394 e. The van der Waals surface area contributed by atoms with Gasteiger partial charge in [0.25, 0.3) is 0 Å². The number of piperidine rings is 1. The van der Waals surface area contributed by atoms with Crippen LogP contribution in [0.4, 0.5) is 0 Å². The third-order valence-electron chi connectivity index (χ3n) is 5.03. The zero-order chi connectivity index (χ0) is 13.9. The second-order valence-corrected chi connectivity index (χ2v) is 6.79. The lowest BCUT2D eigenvalue weighted by Crippen LogP contribution is -2.63. The van der Waals surface area contributed by atoms with Gasteiger partial charge in [-0.25, -0.2) is 0 Å². The van der Waals surface area contributed by atoms with Crippen LogP contribution in [0.25, 0.3) is 0 Å². The third-order valence-corrected chi connectivity index (χ3v) is 5.03. The average Bonchev–Trinajstić information content (AvgIpc) is 2.42. The topological polar surface area (TPSA) is 61.4 Å². The Balaban J connectivity index is 1.99. The van der Waals surface area contributed by atoms with Crippen LogP contribution >= 0.6 is 0 Å². The minimum absolute atomic E-state index is 0.0571. The van der Waals surface area contributed by atoms with Crippen molar-refractivity contribution in [2.24, 2.45) is 5.92 Å². The van der Waals surface area contributed by atoms with E-state index in [2.05, 4.69) is 17.6 Å². The van der Waals surface area contributed by atoms with Gasteiger partial charge < -0.3 is 15.7 Å². The molecular weight excluding hydrogens is 240 g/mol. The van der Waals surface area contributed by atoms with Crippen LogP contribution in [-0.2, 0) is 4.79 Å². The maximum Gasteiger partial charge on any atom is 0.240 e. The van der Waals surface area contributed by atoms with E-state index in [1.165, 1.54) is 0 Å². The lowest BCUT2D eigenvalue weighted by molar-refractivity contribution is -0.131. The van der Waals surface area contributed by atoms with Crippen molar-refractivity contribution in [3.05, 3.63) is 0 Å². The van der Waals surface area contributed by atoms with Gasteiger partial charge in [-0.3, -0.25) is 4.79 Å². The number of carbonyl (C=O) groups is 1. The molecule has 1 atom stereocenters. The second-order valence-electron chi connectivity index (χ2n) is 6.79. The van der Waals surface area contributed by atoms with E-state index in [-0.39, 0.29) is 18.1 Å². The Labute approximate surface area is 116 Å². The molecule has 0 aromatic carbocycles. The predicted octanol–water partition coefficient (Wildman–Crippen LogP) is 1.58. The molecular formula is C15H28N2O2. The van der Waals surface area contributed by atoms with E-state index < -0.39 is 5.54 Å². The molecule has 0 radical (unpaired) electrons. The van der Waals surface area contributed by atoms with E-state index in [0.717, 1.165) is 51.5 Å². The molecule has 4 nitrogen and oxygen atoms in total. The van der Waals surface area contributed by atoms with Crippen LogP contribution in [-0.4, -0.2) is 35.2 Å². The highest BCUT2D eigenvalue weighted by Gasteiger charge is 2.41. The van der Waals surface area contributed by atoms with Crippen LogP contribution in [0.3, 0.4) is 0 Å². The quantitative estimate of drug-likeness (QED) is 0.728. The van der Waals surface area contributed by atoms with Crippen LogP contribution in [0.2, 0.25) is 0 Å². The van der Waals surface area contributed by atoms with Crippen molar-refractivity contribution in [2.75, 3.05) is 13.2 Å². The highest BCUT2D eigenvalue weighted by atomic mass is 16.3. The maximum absolute atomic E-state index is 12.5. The van der Waals surface area contributed by atoms with Crippen molar-refractivity contribution in [1.29, 1.82) is 0 Å². The summed E-state index contributed by atoms with van der Waals surface area (Å²) >= 11 is 0. The Hall–Kier alpha value is -0.610. The molecule has 2 rings (SSSR count). The van der Waals surface area contributed by atoms with Gasteiger partial charge in [-0.1, -0.05) is 6.92 Å². The standard InChI is InChI=1S/C15H28N2O2/c1-12-5-8-15(11-18,9-6-12)17-13(19)14(2)7-3-4-10-16-14/h12,16,18H,3-11H2,1-2H3,(H,17,19). The lowest BCUT2D eigenvalue weighted by Gasteiger charge is -2.42. The van der Waals surface area contributed by atoms with Crippen LogP contribution in [0.15, 0.2) is 0 Å². The molecule has 1 aliphatic carbocycles. The monoisotopic (exact) mass is 268 g/mol. The van der Waals surface area contributed by atoms with Crippen LogP contribution in [0, 0.1) is 5.92 Å². The molecule has 1 aliphatic heterocycles. The molecule has 1 unspecified atom stereocenters. The molecule has 0 aromatic rings. The van der Waals surface area contributed by atoms with Crippen LogP contribution in [0.5, 0.6) is 0 Å². The summed E-state index contributed by atoms with van der Waals surface area (Å²) in [5, 5.41) is 16.2. The second kappa shape index (κ2) is 5.80. The summed E-state index contributed by atoms with van der Waals surface area (Å²) in [4.78, 5) is 12.5. The zero-order valence-corrected chi connectivity index (χ0v) is 12.3. The molecule has 1 saturated heterocycles. The number of hydrogen-bond acceptors (Lipinski definition) is 3. The van der Waals surface area contributed by atoms with Crippen LogP contribution < -0.4 is 10.6 Å². The van der Waals surface area contributed by atoms with Gasteiger partial charge in [-0.15, -0.1) is 0 Å². The molecule has 2 aliphatic rings. The molecule has 19 heavy (non-hydrogen) atoms. The van der Waals surface area contributed by atoms with Gasteiger partial charge in [0, 0.05) is 0 Å². The van der Waals surface area contributed by atoms with Crippen molar-refractivity contribution >= 4 is 5.91 Å². The molecule has 1 amide bonds. The molecule has 4 heteroatoms. The van der Waals surface area contributed by atoms with E-state index in [0.29, 0.717) is 5.92 Å². The molecule has 3 N–H and O–H groups in total. The van der Waals surface area contributed by atoms with Gasteiger partial charge in [-0.2, -0.15) is 0 Å². The normalized spacial score (nSPS) is 39.8. The third kappa shape index (κ3) is 3.29. The molecule has 110 valence electrons. The van der Waals surface area contributed by atoms with E-state index in [9.17, 15) is 9.90 Å². The summed E-state index contributed by atoms with van der Waals surface area (Å²) in [6.07, 6.45) is 7.09. The Morgan fingerprint density at radius 1 is 1.32 bits per heavy atom. The van der Waals surface area contributed by atoms with Gasteiger partial charge in [0.15, 0.2) is 0 Å². The molecule has 1 saturated carbocycles. The number of nitrogens with one attached hydrogen (secondary N) is 2. The summed E-state index contributed by atoms with van der Waals surface area (Å²) in [6, 6.07) is 0. The first kappa shape index (κ1) is 14.8. The van der Waals surface area contributed by atoms with Crippen molar-refractivity contribution in [1.82, 2.24) is 10.6 Å². The van der Waals surface area contributed by atoms with E-state index in [1.807, 2.05) is 6.92 Å². The van der Waals surface area contributed by atoms with E-state index in [1.54, 1.807) is 0 Å². The summed E-state index contributed by atoms with van der Waals surface area (Å²) < 4.78 is 0. The van der Waals surface area contributed by atoms with Gasteiger partial charge in [-0.05, 0) is 64.3 Å². The highest BCUT2D eigenvalue weighted by molar-refractivity contribution is 5.86. The van der Waals surface area contributed by atoms with Gasteiger partial charge in [0.2, 0.25) is 5.91 Å². The highest BCUT2D eigenvalue weighted by Crippen LogP contribution is 2.32. The summed E-state index contributed by atoms with van der Waals surface area (Å²) in [6.45, 7) is 5.19. The Morgan fingerprint density at radius 3 is 2.53 bits per heavy atom. The Kier molecular flexibility index (Phi) is 4.51. The first-order chi connectivity index (χ1) is 9.00. The first-order valence-corrected chi connectivity index (χ1v) is 7.68.